The summed E-state index contributed by atoms with van der Waals surface area (Å²) in [6.45, 7) is 1.61. The molecule has 3 aromatic rings. The van der Waals surface area contributed by atoms with Crippen LogP contribution in [-0.4, -0.2) is 43.8 Å². The van der Waals surface area contributed by atoms with Crippen LogP contribution in [0.2, 0.25) is 0 Å². The zero-order valence-electron chi connectivity index (χ0n) is 16.0. The Morgan fingerprint density at radius 3 is 2.76 bits per heavy atom. The summed E-state index contributed by atoms with van der Waals surface area (Å²) in [5, 5.41) is 4.28. The molecule has 2 aliphatic rings. The first kappa shape index (κ1) is 18.3. The molecular weight excluding hydrogens is 382 g/mol. The third kappa shape index (κ3) is 3.52. The van der Waals surface area contributed by atoms with Gasteiger partial charge in [-0.25, -0.2) is 0 Å². The van der Waals surface area contributed by atoms with Crippen LogP contribution < -0.4 is 5.32 Å². The molecule has 0 amide bonds. The molecule has 148 valence electrons. The predicted molar refractivity (Wildman–Crippen MR) is 115 cm³/mol. The molecule has 0 spiro atoms. The van der Waals surface area contributed by atoms with Gasteiger partial charge in [-0.05, 0) is 61.5 Å². The van der Waals surface area contributed by atoms with Gasteiger partial charge in [-0.2, -0.15) is 0 Å². The van der Waals surface area contributed by atoms with Crippen LogP contribution in [0.15, 0.2) is 67.3 Å². The molecule has 6 nitrogen and oxygen atoms in total. The minimum absolute atomic E-state index is 0.0183. The van der Waals surface area contributed by atoms with Gasteiger partial charge in [0.15, 0.2) is 5.11 Å². The molecule has 0 aliphatic carbocycles. The van der Waals surface area contributed by atoms with Gasteiger partial charge in [-0.15, -0.1) is 0 Å². The van der Waals surface area contributed by atoms with E-state index in [4.69, 9.17) is 17.0 Å². The Bertz CT molecular complexity index is 971. The molecule has 29 heavy (non-hydrogen) atoms. The number of aromatic nitrogens is 3. The standard InChI is InChI=1S/C22H23N5OS/c29-22-25-20(18-6-1-2-10-24-18)21(27(22)15-17-5-4-14-28-17)19-7-3-13-26(19)16-8-11-23-12-9-16/h1-3,6-13,17,20-21H,4-5,14-15H2,(H,25,29)/t17-,20-,21-/m0/s1. The highest BCUT2D eigenvalue weighted by Gasteiger charge is 2.42. The van der Waals surface area contributed by atoms with Crippen molar-refractivity contribution in [2.75, 3.05) is 13.2 Å². The fourth-order valence-electron chi connectivity index (χ4n) is 4.31. The van der Waals surface area contributed by atoms with Crippen molar-refractivity contribution in [3.05, 3.63) is 78.6 Å². The molecule has 5 rings (SSSR count). The normalized spacial score (nSPS) is 24.1. The van der Waals surface area contributed by atoms with E-state index in [1.54, 1.807) is 0 Å². The lowest BCUT2D eigenvalue weighted by molar-refractivity contribution is 0.0836. The van der Waals surface area contributed by atoms with Crippen LogP contribution in [0.25, 0.3) is 5.69 Å². The van der Waals surface area contributed by atoms with E-state index in [1.807, 2.05) is 42.9 Å². The van der Waals surface area contributed by atoms with Gasteiger partial charge in [0, 0.05) is 49.3 Å². The molecule has 0 radical (unpaired) electrons. The van der Waals surface area contributed by atoms with Crippen molar-refractivity contribution in [2.24, 2.45) is 0 Å². The SMILES string of the molecule is S=C1N[C@@H](c2ccccn2)[C@H](c2cccn2-c2ccncc2)N1C[C@@H]1CCCO1. The Kier molecular flexibility index (Phi) is 4.99. The van der Waals surface area contributed by atoms with Gasteiger partial charge in [0.1, 0.15) is 0 Å². The highest BCUT2D eigenvalue weighted by Crippen LogP contribution is 2.40. The second-order valence-electron chi connectivity index (χ2n) is 7.42. The van der Waals surface area contributed by atoms with Crippen molar-refractivity contribution in [1.29, 1.82) is 0 Å². The van der Waals surface area contributed by atoms with Gasteiger partial charge < -0.3 is 19.5 Å². The lowest BCUT2D eigenvalue weighted by atomic mass is 10.0. The van der Waals surface area contributed by atoms with Crippen LogP contribution in [0.4, 0.5) is 0 Å². The van der Waals surface area contributed by atoms with Crippen molar-refractivity contribution in [2.45, 2.75) is 31.0 Å². The molecule has 1 N–H and O–H groups in total. The molecule has 0 bridgehead atoms. The van der Waals surface area contributed by atoms with E-state index in [0.717, 1.165) is 48.2 Å². The molecule has 0 saturated carbocycles. The van der Waals surface area contributed by atoms with E-state index < -0.39 is 0 Å². The number of hydrogen-bond donors (Lipinski definition) is 1. The van der Waals surface area contributed by atoms with Gasteiger partial charge in [-0.3, -0.25) is 9.97 Å². The van der Waals surface area contributed by atoms with E-state index in [-0.39, 0.29) is 18.2 Å². The fraction of sp³-hybridized carbons (Fsp3) is 0.318. The predicted octanol–water partition coefficient (Wildman–Crippen LogP) is 3.42. The Morgan fingerprint density at radius 2 is 2.00 bits per heavy atom. The van der Waals surface area contributed by atoms with Crippen molar-refractivity contribution in [3.8, 4) is 5.69 Å². The van der Waals surface area contributed by atoms with Gasteiger partial charge in [0.25, 0.3) is 0 Å². The molecular formula is C22H23N5OS. The summed E-state index contributed by atoms with van der Waals surface area (Å²) in [6.07, 6.45) is 9.96. The third-order valence-electron chi connectivity index (χ3n) is 5.65. The summed E-state index contributed by atoms with van der Waals surface area (Å²) < 4.78 is 8.13. The second kappa shape index (κ2) is 7.93. The number of nitrogens with one attached hydrogen (secondary N) is 1. The Balaban J connectivity index is 1.57. The molecule has 7 heteroatoms. The van der Waals surface area contributed by atoms with E-state index in [9.17, 15) is 0 Å². The number of rotatable bonds is 5. The minimum Gasteiger partial charge on any atom is -0.376 e. The Hall–Kier alpha value is -2.77. The zero-order chi connectivity index (χ0) is 19.6. The van der Waals surface area contributed by atoms with E-state index in [2.05, 4.69) is 49.1 Å². The van der Waals surface area contributed by atoms with Gasteiger partial charge in [0.2, 0.25) is 0 Å². The molecule has 3 atom stereocenters. The first-order valence-electron chi connectivity index (χ1n) is 9.98. The summed E-state index contributed by atoms with van der Waals surface area (Å²) in [7, 11) is 0. The monoisotopic (exact) mass is 405 g/mol. The topological polar surface area (TPSA) is 55.2 Å². The first-order chi connectivity index (χ1) is 14.3. The van der Waals surface area contributed by atoms with Crippen molar-refractivity contribution in [3.63, 3.8) is 0 Å². The molecule has 5 heterocycles. The number of nitrogens with zero attached hydrogens (tertiary/aromatic N) is 4. The van der Waals surface area contributed by atoms with Crippen LogP contribution in [0.3, 0.4) is 0 Å². The molecule has 0 unspecified atom stereocenters. The van der Waals surface area contributed by atoms with Crippen molar-refractivity contribution >= 4 is 17.3 Å². The van der Waals surface area contributed by atoms with Crippen molar-refractivity contribution in [1.82, 2.24) is 24.8 Å². The van der Waals surface area contributed by atoms with E-state index >= 15 is 0 Å². The largest absolute Gasteiger partial charge is 0.376 e. The number of thiocarbonyl (C=S) groups is 1. The number of ether oxygens (including phenoxy) is 1. The number of pyridine rings is 2. The van der Waals surface area contributed by atoms with Crippen LogP contribution in [0, 0.1) is 0 Å². The minimum atomic E-state index is -0.0272. The lowest BCUT2D eigenvalue weighted by Gasteiger charge is -2.30. The maximum Gasteiger partial charge on any atom is 0.170 e. The Morgan fingerprint density at radius 1 is 1.10 bits per heavy atom. The zero-order valence-corrected chi connectivity index (χ0v) is 16.8. The van der Waals surface area contributed by atoms with Crippen LogP contribution >= 0.6 is 12.2 Å². The molecule has 0 aromatic carbocycles. The molecule has 3 aromatic heterocycles. The molecule has 2 aliphatic heterocycles. The quantitative estimate of drug-likeness (QED) is 0.657. The molecule has 2 fully saturated rings. The maximum atomic E-state index is 5.92. The second-order valence-corrected chi connectivity index (χ2v) is 7.81. The highest BCUT2D eigenvalue weighted by atomic mass is 32.1. The summed E-state index contributed by atoms with van der Waals surface area (Å²) in [4.78, 5) is 11.1. The summed E-state index contributed by atoms with van der Waals surface area (Å²) in [6, 6.07) is 14.3. The van der Waals surface area contributed by atoms with E-state index in [1.165, 1.54) is 0 Å². The summed E-state index contributed by atoms with van der Waals surface area (Å²) in [5.41, 5.74) is 3.23. The molecule has 2 saturated heterocycles. The Labute approximate surface area is 175 Å². The van der Waals surface area contributed by atoms with Crippen LogP contribution in [-0.2, 0) is 4.74 Å². The summed E-state index contributed by atoms with van der Waals surface area (Å²) in [5.74, 6) is 0. The van der Waals surface area contributed by atoms with Gasteiger partial charge >= 0.3 is 0 Å². The number of hydrogen-bond acceptors (Lipinski definition) is 4. The lowest BCUT2D eigenvalue weighted by Crippen LogP contribution is -2.36. The van der Waals surface area contributed by atoms with Crippen molar-refractivity contribution < 1.29 is 4.74 Å². The van der Waals surface area contributed by atoms with Gasteiger partial charge in [0.05, 0.1) is 23.9 Å². The van der Waals surface area contributed by atoms with Crippen LogP contribution in [0.1, 0.15) is 36.3 Å². The average Bonchev–Trinajstić information content (AvgIpc) is 3.51. The smallest absolute Gasteiger partial charge is 0.170 e. The summed E-state index contributed by atoms with van der Waals surface area (Å²) >= 11 is 5.78. The van der Waals surface area contributed by atoms with E-state index in [0.29, 0.717) is 0 Å². The highest BCUT2D eigenvalue weighted by molar-refractivity contribution is 7.80. The fourth-order valence-corrected chi connectivity index (χ4v) is 4.62. The third-order valence-corrected chi connectivity index (χ3v) is 6.00. The van der Waals surface area contributed by atoms with Gasteiger partial charge in [-0.1, -0.05) is 6.07 Å². The maximum absolute atomic E-state index is 5.92. The average molecular weight is 406 g/mol. The van der Waals surface area contributed by atoms with Crippen LogP contribution in [0.5, 0.6) is 0 Å². The first-order valence-corrected chi connectivity index (χ1v) is 10.4.